The van der Waals surface area contributed by atoms with Crippen LogP contribution in [0.25, 0.3) is 0 Å². The highest BCUT2D eigenvalue weighted by Crippen LogP contribution is 2.31. The fraction of sp³-hybridized carbons (Fsp3) is 0.500. The number of anilines is 2. The summed E-state index contributed by atoms with van der Waals surface area (Å²) in [7, 11) is -2.13. The van der Waals surface area contributed by atoms with Gasteiger partial charge in [-0.05, 0) is 43.0 Å². The summed E-state index contributed by atoms with van der Waals surface area (Å²) in [6, 6.07) is 5.29. The average Bonchev–Trinajstić information content (AvgIpc) is 2.45. The van der Waals surface area contributed by atoms with Gasteiger partial charge in [-0.1, -0.05) is 0 Å². The van der Waals surface area contributed by atoms with Crippen LogP contribution >= 0.6 is 0 Å². The van der Waals surface area contributed by atoms with Crippen molar-refractivity contribution in [1.82, 2.24) is 0 Å². The molecule has 0 saturated heterocycles. The molecule has 0 amide bonds. The van der Waals surface area contributed by atoms with Crippen LogP contribution in [0, 0.1) is 0 Å². The third kappa shape index (κ3) is 3.66. The van der Waals surface area contributed by atoms with E-state index in [4.69, 9.17) is 5.73 Å². The van der Waals surface area contributed by atoms with Gasteiger partial charge in [-0.25, -0.2) is 8.42 Å². The monoisotopic (exact) mass is 312 g/mol. The Balaban J connectivity index is 2.13. The number of hydrogen-bond acceptors (Lipinski definition) is 5. The van der Waals surface area contributed by atoms with Crippen LogP contribution in [0.4, 0.5) is 11.4 Å². The molecule has 1 heterocycles. The van der Waals surface area contributed by atoms with Crippen molar-refractivity contribution in [1.29, 1.82) is 0 Å². The largest absolute Gasteiger partial charge is 0.469 e. The number of nitrogens with two attached hydrogens (primary N) is 1. The zero-order valence-corrected chi connectivity index (χ0v) is 12.9. The molecule has 0 radical (unpaired) electrons. The van der Waals surface area contributed by atoms with Gasteiger partial charge in [0.2, 0.25) is 10.0 Å². The Labute approximate surface area is 124 Å². The zero-order chi connectivity index (χ0) is 15.5. The summed E-state index contributed by atoms with van der Waals surface area (Å²) >= 11 is 0. The second-order valence-electron chi connectivity index (χ2n) is 5.06. The number of fused-ring (bicyclic) bond motifs is 1. The molecule has 0 aromatic heterocycles. The van der Waals surface area contributed by atoms with Crippen LogP contribution in [-0.4, -0.2) is 33.8 Å². The maximum atomic E-state index is 12.4. The summed E-state index contributed by atoms with van der Waals surface area (Å²) in [5.41, 5.74) is 8.04. The van der Waals surface area contributed by atoms with Gasteiger partial charge in [-0.15, -0.1) is 0 Å². The minimum atomic E-state index is -3.43. The number of methoxy groups -OCH3 is 1. The fourth-order valence-corrected chi connectivity index (χ4v) is 4.10. The van der Waals surface area contributed by atoms with E-state index in [0.29, 0.717) is 17.9 Å². The van der Waals surface area contributed by atoms with Gasteiger partial charge in [-0.3, -0.25) is 9.10 Å². The van der Waals surface area contributed by atoms with Gasteiger partial charge in [0.05, 0.1) is 18.6 Å². The summed E-state index contributed by atoms with van der Waals surface area (Å²) in [5, 5.41) is 0. The minimum absolute atomic E-state index is 0.0636. The molecule has 0 unspecified atom stereocenters. The average molecular weight is 312 g/mol. The van der Waals surface area contributed by atoms with Crippen LogP contribution in [0.15, 0.2) is 18.2 Å². The van der Waals surface area contributed by atoms with E-state index >= 15 is 0 Å². The van der Waals surface area contributed by atoms with Gasteiger partial charge in [0.15, 0.2) is 0 Å². The third-order valence-corrected chi connectivity index (χ3v) is 5.38. The molecule has 1 aromatic carbocycles. The van der Waals surface area contributed by atoms with Gasteiger partial charge in [0, 0.05) is 18.7 Å². The van der Waals surface area contributed by atoms with E-state index in [0.717, 1.165) is 18.4 Å². The summed E-state index contributed by atoms with van der Waals surface area (Å²) < 4.78 is 30.8. The van der Waals surface area contributed by atoms with E-state index in [1.54, 1.807) is 12.1 Å². The SMILES string of the molecule is COC(=O)CCCS(=O)(=O)N1CCCc2cc(N)ccc21. The van der Waals surface area contributed by atoms with Crippen LogP contribution in [0.3, 0.4) is 0 Å². The highest BCUT2D eigenvalue weighted by atomic mass is 32.2. The van der Waals surface area contributed by atoms with Gasteiger partial charge in [-0.2, -0.15) is 0 Å². The molecule has 116 valence electrons. The molecule has 7 heteroatoms. The third-order valence-electron chi connectivity index (χ3n) is 3.53. The number of benzene rings is 1. The molecule has 2 N–H and O–H groups in total. The molecule has 0 aliphatic carbocycles. The Hall–Kier alpha value is -1.76. The van der Waals surface area contributed by atoms with E-state index in [2.05, 4.69) is 4.74 Å². The number of hydrogen-bond donors (Lipinski definition) is 1. The first-order chi connectivity index (χ1) is 9.94. The number of rotatable bonds is 5. The molecule has 2 rings (SSSR count). The minimum Gasteiger partial charge on any atom is -0.469 e. The van der Waals surface area contributed by atoms with Crippen molar-refractivity contribution in [2.75, 3.05) is 29.4 Å². The molecule has 0 fully saturated rings. The summed E-state index contributed by atoms with van der Waals surface area (Å²) in [6.07, 6.45) is 1.97. The number of carbonyl (C=O) groups is 1. The molecule has 1 aliphatic rings. The first-order valence-corrected chi connectivity index (χ1v) is 8.50. The number of nitrogen functional groups attached to an aromatic ring is 1. The van der Waals surface area contributed by atoms with Gasteiger partial charge >= 0.3 is 5.97 Å². The number of esters is 1. The van der Waals surface area contributed by atoms with Crippen molar-refractivity contribution in [2.24, 2.45) is 0 Å². The summed E-state index contributed by atoms with van der Waals surface area (Å²) in [4.78, 5) is 11.1. The lowest BCUT2D eigenvalue weighted by molar-refractivity contribution is -0.140. The Morgan fingerprint density at radius 3 is 2.90 bits per heavy atom. The molecule has 21 heavy (non-hydrogen) atoms. The van der Waals surface area contributed by atoms with Crippen molar-refractivity contribution in [3.8, 4) is 0 Å². The lowest BCUT2D eigenvalue weighted by atomic mass is 10.0. The lowest BCUT2D eigenvalue weighted by Gasteiger charge is -2.30. The first kappa shape index (κ1) is 15.6. The second-order valence-corrected chi connectivity index (χ2v) is 7.07. The molecule has 0 spiro atoms. The maximum Gasteiger partial charge on any atom is 0.305 e. The van der Waals surface area contributed by atoms with Crippen molar-refractivity contribution >= 4 is 27.4 Å². The number of sulfonamides is 1. The van der Waals surface area contributed by atoms with Crippen LogP contribution in [0.1, 0.15) is 24.8 Å². The van der Waals surface area contributed by atoms with Crippen molar-refractivity contribution in [3.63, 3.8) is 0 Å². The molecule has 0 saturated carbocycles. The molecule has 1 aromatic rings. The van der Waals surface area contributed by atoms with Crippen molar-refractivity contribution < 1.29 is 17.9 Å². The first-order valence-electron chi connectivity index (χ1n) is 6.89. The second kappa shape index (κ2) is 6.34. The predicted molar refractivity (Wildman–Crippen MR) is 81.6 cm³/mol. The quantitative estimate of drug-likeness (QED) is 0.654. The van der Waals surface area contributed by atoms with Crippen molar-refractivity contribution in [2.45, 2.75) is 25.7 Å². The fourth-order valence-electron chi connectivity index (χ4n) is 2.48. The summed E-state index contributed by atoms with van der Waals surface area (Å²) in [5.74, 6) is -0.455. The summed E-state index contributed by atoms with van der Waals surface area (Å²) in [6.45, 7) is 0.470. The normalized spacial score (nSPS) is 14.6. The van der Waals surface area contributed by atoms with Gasteiger partial charge in [0.1, 0.15) is 0 Å². The van der Waals surface area contributed by atoms with E-state index < -0.39 is 16.0 Å². The van der Waals surface area contributed by atoms with Crippen molar-refractivity contribution in [3.05, 3.63) is 23.8 Å². The maximum absolute atomic E-state index is 12.4. The Kier molecular flexibility index (Phi) is 4.72. The molecule has 0 atom stereocenters. The standard InChI is InChI=1S/C14H20N2O4S/c1-20-14(17)5-3-9-21(18,19)16-8-2-4-11-10-12(15)6-7-13(11)16/h6-7,10H,2-5,8-9,15H2,1H3. The molecule has 1 aliphatic heterocycles. The van der Waals surface area contributed by atoms with Gasteiger partial charge in [0.25, 0.3) is 0 Å². The van der Waals surface area contributed by atoms with Crippen LogP contribution in [0.5, 0.6) is 0 Å². The topological polar surface area (TPSA) is 89.7 Å². The number of carbonyl (C=O) groups excluding carboxylic acids is 1. The Bertz CT molecular complexity index is 628. The molecule has 6 nitrogen and oxygen atoms in total. The van der Waals surface area contributed by atoms with E-state index in [-0.39, 0.29) is 18.6 Å². The Morgan fingerprint density at radius 2 is 2.19 bits per heavy atom. The predicted octanol–water partition coefficient (Wildman–Crippen LogP) is 1.30. The Morgan fingerprint density at radius 1 is 1.43 bits per heavy atom. The lowest BCUT2D eigenvalue weighted by Crippen LogP contribution is -2.37. The van der Waals surface area contributed by atoms with Crippen LogP contribution < -0.4 is 10.0 Å². The van der Waals surface area contributed by atoms with E-state index in [1.807, 2.05) is 6.07 Å². The number of aryl methyl sites for hydroxylation is 1. The van der Waals surface area contributed by atoms with E-state index in [9.17, 15) is 13.2 Å². The molecule has 0 bridgehead atoms. The smallest absolute Gasteiger partial charge is 0.305 e. The number of ether oxygens (including phenoxy) is 1. The highest BCUT2D eigenvalue weighted by molar-refractivity contribution is 7.92. The van der Waals surface area contributed by atoms with Crippen LogP contribution in [0.2, 0.25) is 0 Å². The highest BCUT2D eigenvalue weighted by Gasteiger charge is 2.27. The molecular weight excluding hydrogens is 292 g/mol. The van der Waals surface area contributed by atoms with E-state index in [1.165, 1.54) is 11.4 Å². The van der Waals surface area contributed by atoms with Gasteiger partial charge < -0.3 is 10.5 Å². The molecular formula is C14H20N2O4S. The van der Waals surface area contributed by atoms with Crippen LogP contribution in [-0.2, 0) is 26.0 Å². The number of nitrogens with zero attached hydrogens (tertiary/aromatic N) is 1. The zero-order valence-electron chi connectivity index (χ0n) is 12.0.